The standard InChI is InChI=1S/C10H12N4S/c1-2-3-11-10-12-4-5-14(10)6-9-7-15-8-13-9/h2,4-5,7-8H,1,3,6H2,(H,11,12). The summed E-state index contributed by atoms with van der Waals surface area (Å²) in [5.74, 6) is 0.850. The average molecular weight is 220 g/mol. The van der Waals surface area contributed by atoms with Crippen LogP contribution in [-0.2, 0) is 6.54 Å². The maximum absolute atomic E-state index is 4.23. The number of nitrogens with zero attached hydrogens (tertiary/aromatic N) is 3. The van der Waals surface area contributed by atoms with Crippen LogP contribution < -0.4 is 5.32 Å². The molecule has 0 aromatic carbocycles. The number of rotatable bonds is 5. The largest absolute Gasteiger partial charge is 0.352 e. The van der Waals surface area contributed by atoms with E-state index in [1.165, 1.54) is 0 Å². The minimum atomic E-state index is 0.716. The highest BCUT2D eigenvalue weighted by molar-refractivity contribution is 7.07. The van der Waals surface area contributed by atoms with Crippen molar-refractivity contribution >= 4 is 17.3 Å². The number of thiazole rings is 1. The van der Waals surface area contributed by atoms with Crippen LogP contribution in [0, 0.1) is 0 Å². The molecule has 0 aliphatic heterocycles. The van der Waals surface area contributed by atoms with Crippen LogP contribution in [0.25, 0.3) is 0 Å². The molecule has 0 bridgehead atoms. The van der Waals surface area contributed by atoms with Gasteiger partial charge in [-0.25, -0.2) is 9.97 Å². The third-order valence-electron chi connectivity index (χ3n) is 1.94. The normalized spacial score (nSPS) is 10.1. The fourth-order valence-corrected chi connectivity index (χ4v) is 1.81. The molecule has 0 saturated heterocycles. The molecule has 0 amide bonds. The summed E-state index contributed by atoms with van der Waals surface area (Å²) < 4.78 is 2.03. The highest BCUT2D eigenvalue weighted by Crippen LogP contribution is 2.09. The number of nitrogens with one attached hydrogen (secondary N) is 1. The molecule has 0 radical (unpaired) electrons. The summed E-state index contributed by atoms with van der Waals surface area (Å²) in [7, 11) is 0. The lowest BCUT2D eigenvalue weighted by Crippen LogP contribution is -2.07. The summed E-state index contributed by atoms with van der Waals surface area (Å²) in [6.45, 7) is 5.12. The van der Waals surface area contributed by atoms with Crippen LogP contribution in [0.4, 0.5) is 5.95 Å². The second kappa shape index (κ2) is 4.75. The third-order valence-corrected chi connectivity index (χ3v) is 2.57. The molecule has 78 valence electrons. The lowest BCUT2D eigenvalue weighted by Gasteiger charge is -2.06. The van der Waals surface area contributed by atoms with Crippen molar-refractivity contribution in [3.8, 4) is 0 Å². The molecule has 4 nitrogen and oxygen atoms in total. The molecule has 0 fully saturated rings. The maximum atomic E-state index is 4.23. The summed E-state index contributed by atoms with van der Waals surface area (Å²) in [5, 5.41) is 5.20. The number of hydrogen-bond acceptors (Lipinski definition) is 4. The molecule has 2 heterocycles. The number of imidazole rings is 1. The Morgan fingerprint density at radius 3 is 3.20 bits per heavy atom. The lowest BCUT2D eigenvalue weighted by atomic mass is 10.5. The molecule has 15 heavy (non-hydrogen) atoms. The predicted octanol–water partition coefficient (Wildman–Crippen LogP) is 1.99. The van der Waals surface area contributed by atoms with Crippen molar-refractivity contribution in [3.63, 3.8) is 0 Å². The molecule has 0 aliphatic carbocycles. The molecule has 0 atom stereocenters. The van der Waals surface area contributed by atoms with E-state index >= 15 is 0 Å². The molecule has 0 spiro atoms. The highest BCUT2D eigenvalue weighted by Gasteiger charge is 2.02. The van der Waals surface area contributed by atoms with Gasteiger partial charge in [0.2, 0.25) is 5.95 Å². The van der Waals surface area contributed by atoms with Crippen molar-refractivity contribution in [1.29, 1.82) is 0 Å². The fraction of sp³-hybridized carbons (Fsp3) is 0.200. The van der Waals surface area contributed by atoms with Gasteiger partial charge in [0.25, 0.3) is 0 Å². The fourth-order valence-electron chi connectivity index (χ4n) is 1.26. The molecule has 5 heteroatoms. The highest BCUT2D eigenvalue weighted by atomic mass is 32.1. The summed E-state index contributed by atoms with van der Waals surface area (Å²) >= 11 is 1.60. The summed E-state index contributed by atoms with van der Waals surface area (Å²) in [5.41, 5.74) is 2.89. The van der Waals surface area contributed by atoms with Crippen LogP contribution >= 0.6 is 11.3 Å². The van der Waals surface area contributed by atoms with Crippen LogP contribution in [0.2, 0.25) is 0 Å². The Morgan fingerprint density at radius 1 is 1.53 bits per heavy atom. The van der Waals surface area contributed by atoms with Crippen molar-refractivity contribution in [2.45, 2.75) is 6.54 Å². The van der Waals surface area contributed by atoms with Gasteiger partial charge in [0.15, 0.2) is 0 Å². The summed E-state index contributed by atoms with van der Waals surface area (Å²) in [6, 6.07) is 0. The van der Waals surface area contributed by atoms with E-state index in [1.807, 2.05) is 27.7 Å². The molecule has 2 rings (SSSR count). The lowest BCUT2D eigenvalue weighted by molar-refractivity contribution is 0.784. The molecule has 2 aromatic rings. The first-order chi connectivity index (χ1) is 7.40. The van der Waals surface area contributed by atoms with Crippen LogP contribution in [-0.4, -0.2) is 21.1 Å². The molecule has 0 saturated carbocycles. The van der Waals surface area contributed by atoms with E-state index in [9.17, 15) is 0 Å². The van der Waals surface area contributed by atoms with Gasteiger partial charge in [-0.05, 0) is 0 Å². The Morgan fingerprint density at radius 2 is 2.47 bits per heavy atom. The van der Waals surface area contributed by atoms with Gasteiger partial charge in [0, 0.05) is 24.3 Å². The van der Waals surface area contributed by atoms with Gasteiger partial charge >= 0.3 is 0 Å². The molecule has 2 aromatic heterocycles. The van der Waals surface area contributed by atoms with Crippen LogP contribution in [0.3, 0.4) is 0 Å². The van der Waals surface area contributed by atoms with E-state index in [2.05, 4.69) is 21.9 Å². The zero-order valence-electron chi connectivity index (χ0n) is 8.26. The van der Waals surface area contributed by atoms with Crippen molar-refractivity contribution in [1.82, 2.24) is 14.5 Å². The van der Waals surface area contributed by atoms with Crippen molar-refractivity contribution in [2.75, 3.05) is 11.9 Å². The van der Waals surface area contributed by atoms with E-state index in [0.717, 1.165) is 18.2 Å². The molecular weight excluding hydrogens is 208 g/mol. The van der Waals surface area contributed by atoms with Gasteiger partial charge in [-0.2, -0.15) is 0 Å². The Labute approximate surface area is 92.3 Å². The topological polar surface area (TPSA) is 42.7 Å². The summed E-state index contributed by atoms with van der Waals surface area (Å²) in [4.78, 5) is 8.45. The van der Waals surface area contributed by atoms with Gasteiger partial charge < -0.3 is 9.88 Å². The van der Waals surface area contributed by atoms with Gasteiger partial charge in [0.1, 0.15) is 0 Å². The first kappa shape index (κ1) is 9.92. The maximum Gasteiger partial charge on any atom is 0.203 e. The van der Waals surface area contributed by atoms with E-state index in [4.69, 9.17) is 0 Å². The van der Waals surface area contributed by atoms with Crippen molar-refractivity contribution in [2.24, 2.45) is 0 Å². The third kappa shape index (κ3) is 2.44. The average Bonchev–Trinajstić information content (AvgIpc) is 2.87. The van der Waals surface area contributed by atoms with E-state index in [0.29, 0.717) is 6.54 Å². The van der Waals surface area contributed by atoms with Gasteiger partial charge in [0.05, 0.1) is 17.7 Å². The van der Waals surface area contributed by atoms with Crippen LogP contribution in [0.1, 0.15) is 5.69 Å². The zero-order chi connectivity index (χ0) is 10.5. The Hall–Kier alpha value is -1.62. The van der Waals surface area contributed by atoms with Crippen molar-refractivity contribution < 1.29 is 0 Å². The first-order valence-corrected chi connectivity index (χ1v) is 5.57. The van der Waals surface area contributed by atoms with Gasteiger partial charge in [-0.3, -0.25) is 0 Å². The zero-order valence-corrected chi connectivity index (χ0v) is 9.07. The van der Waals surface area contributed by atoms with Gasteiger partial charge in [-0.15, -0.1) is 17.9 Å². The molecule has 1 N–H and O–H groups in total. The number of hydrogen-bond donors (Lipinski definition) is 1. The second-order valence-corrected chi connectivity index (χ2v) is 3.75. The van der Waals surface area contributed by atoms with E-state index in [-0.39, 0.29) is 0 Å². The smallest absolute Gasteiger partial charge is 0.203 e. The predicted molar refractivity (Wildman–Crippen MR) is 62.1 cm³/mol. The second-order valence-electron chi connectivity index (χ2n) is 3.03. The summed E-state index contributed by atoms with van der Waals surface area (Å²) in [6.07, 6.45) is 5.52. The minimum Gasteiger partial charge on any atom is -0.352 e. The van der Waals surface area contributed by atoms with E-state index < -0.39 is 0 Å². The Bertz CT molecular complexity index is 418. The molecule has 0 unspecified atom stereocenters. The Kier molecular flexibility index (Phi) is 3.14. The quantitative estimate of drug-likeness (QED) is 0.783. The minimum absolute atomic E-state index is 0.716. The molecule has 0 aliphatic rings. The Balaban J connectivity index is 2.07. The SMILES string of the molecule is C=CCNc1nccn1Cc1cscn1. The van der Waals surface area contributed by atoms with Gasteiger partial charge in [-0.1, -0.05) is 6.08 Å². The number of aromatic nitrogens is 3. The monoisotopic (exact) mass is 220 g/mol. The van der Waals surface area contributed by atoms with Crippen molar-refractivity contribution in [3.05, 3.63) is 41.6 Å². The van der Waals surface area contributed by atoms with E-state index in [1.54, 1.807) is 17.5 Å². The van der Waals surface area contributed by atoms with Crippen LogP contribution in [0.5, 0.6) is 0 Å². The first-order valence-electron chi connectivity index (χ1n) is 4.63. The number of anilines is 1. The molecular formula is C10H12N4S. The van der Waals surface area contributed by atoms with Crippen LogP contribution in [0.15, 0.2) is 35.9 Å².